The lowest BCUT2D eigenvalue weighted by molar-refractivity contribution is -0.126. The van der Waals surface area contributed by atoms with Gasteiger partial charge in [0.1, 0.15) is 13.2 Å². The monoisotopic (exact) mass is 315 g/mol. The lowest BCUT2D eigenvalue weighted by atomic mass is 10.1. The first kappa shape index (κ1) is 18.8. The molecule has 0 aliphatic carbocycles. The Bertz CT molecular complexity index is 559. The Morgan fingerprint density at radius 2 is 1.91 bits per heavy atom. The molecule has 124 valence electrons. The zero-order chi connectivity index (χ0) is 17.1. The van der Waals surface area contributed by atoms with Gasteiger partial charge in [-0.25, -0.2) is 0 Å². The van der Waals surface area contributed by atoms with Crippen LogP contribution in [0.3, 0.4) is 0 Å². The van der Waals surface area contributed by atoms with Crippen LogP contribution in [0.5, 0.6) is 0 Å². The van der Waals surface area contributed by atoms with Crippen molar-refractivity contribution in [2.45, 2.75) is 20.8 Å². The van der Waals surface area contributed by atoms with Gasteiger partial charge in [0.25, 0.3) is 0 Å². The molecule has 0 aliphatic heterocycles. The summed E-state index contributed by atoms with van der Waals surface area (Å²) < 4.78 is 10.8. The van der Waals surface area contributed by atoms with Crippen molar-refractivity contribution in [2.24, 2.45) is 10.9 Å². The molecular formula is C19H25NO3. The average Bonchev–Trinajstić information content (AvgIpc) is 2.55. The maximum Gasteiger partial charge on any atom is 0.160 e. The number of ether oxygens (including phenoxy) is 2. The molecule has 23 heavy (non-hydrogen) atoms. The standard InChI is InChI=1S/C19H25NO3/c1-15(2)19(21)14-22-12-13-23-16(3)10-11-18(20-4)17-8-6-5-7-9-17/h5-11,15H,4,12-14H2,1-3H3/b16-10+,18-11-. The number of ketones is 1. The fourth-order valence-corrected chi connectivity index (χ4v) is 1.69. The molecule has 0 unspecified atom stereocenters. The second kappa shape index (κ2) is 10.5. The highest BCUT2D eigenvalue weighted by Gasteiger charge is 2.06. The minimum Gasteiger partial charge on any atom is -0.496 e. The number of benzene rings is 1. The maximum atomic E-state index is 11.4. The van der Waals surface area contributed by atoms with Crippen molar-refractivity contribution in [1.82, 2.24) is 0 Å². The SMILES string of the molecule is C=N/C(=C\C=C(/C)OCCOCC(=O)C(C)C)c1ccccc1. The van der Waals surface area contributed by atoms with Crippen LogP contribution in [0.15, 0.2) is 53.2 Å². The van der Waals surface area contributed by atoms with Gasteiger partial charge in [-0.1, -0.05) is 44.2 Å². The van der Waals surface area contributed by atoms with Gasteiger partial charge in [-0.05, 0) is 25.8 Å². The summed E-state index contributed by atoms with van der Waals surface area (Å²) in [6, 6.07) is 9.82. The molecule has 1 rings (SSSR count). The molecular weight excluding hydrogens is 290 g/mol. The van der Waals surface area contributed by atoms with Crippen LogP contribution < -0.4 is 0 Å². The summed E-state index contributed by atoms with van der Waals surface area (Å²) in [5.41, 5.74) is 1.79. The minimum atomic E-state index is 0.00509. The molecule has 4 heteroatoms. The van der Waals surface area contributed by atoms with Crippen LogP contribution >= 0.6 is 0 Å². The molecule has 1 aromatic rings. The summed E-state index contributed by atoms with van der Waals surface area (Å²) in [7, 11) is 0. The van der Waals surface area contributed by atoms with Crippen LogP contribution in [0.4, 0.5) is 0 Å². The molecule has 0 aliphatic rings. The number of aliphatic imine (C=N–C) groups is 1. The number of hydrogen-bond acceptors (Lipinski definition) is 4. The molecule has 0 radical (unpaired) electrons. The van der Waals surface area contributed by atoms with Crippen LogP contribution in [0.1, 0.15) is 26.3 Å². The van der Waals surface area contributed by atoms with E-state index in [1.54, 1.807) is 0 Å². The second-order valence-electron chi connectivity index (χ2n) is 5.38. The fourth-order valence-electron chi connectivity index (χ4n) is 1.69. The van der Waals surface area contributed by atoms with Gasteiger partial charge in [-0.15, -0.1) is 0 Å². The van der Waals surface area contributed by atoms with E-state index in [2.05, 4.69) is 11.7 Å². The summed E-state index contributed by atoms with van der Waals surface area (Å²) in [4.78, 5) is 15.4. The van der Waals surface area contributed by atoms with Gasteiger partial charge in [-0.3, -0.25) is 9.79 Å². The van der Waals surface area contributed by atoms with E-state index < -0.39 is 0 Å². The molecule has 1 aromatic carbocycles. The van der Waals surface area contributed by atoms with E-state index in [4.69, 9.17) is 9.47 Å². The highest BCUT2D eigenvalue weighted by Crippen LogP contribution is 2.15. The van der Waals surface area contributed by atoms with Crippen molar-refractivity contribution in [1.29, 1.82) is 0 Å². The summed E-state index contributed by atoms with van der Waals surface area (Å²) in [6.07, 6.45) is 3.71. The van der Waals surface area contributed by atoms with Gasteiger partial charge >= 0.3 is 0 Å². The van der Waals surface area contributed by atoms with Crippen molar-refractivity contribution in [3.05, 3.63) is 53.8 Å². The average molecular weight is 315 g/mol. The molecule has 0 amide bonds. The first-order valence-corrected chi connectivity index (χ1v) is 7.68. The Hall–Kier alpha value is -2.20. The van der Waals surface area contributed by atoms with Crippen molar-refractivity contribution >= 4 is 18.2 Å². The first-order valence-electron chi connectivity index (χ1n) is 7.68. The number of allylic oxidation sites excluding steroid dienone is 3. The highest BCUT2D eigenvalue weighted by atomic mass is 16.5. The Morgan fingerprint density at radius 1 is 1.22 bits per heavy atom. The Labute approximate surface area is 138 Å². The van der Waals surface area contributed by atoms with E-state index >= 15 is 0 Å². The molecule has 0 spiro atoms. The molecule has 0 bridgehead atoms. The number of nitrogens with zero attached hydrogens (tertiary/aromatic N) is 1. The number of rotatable bonds is 10. The normalized spacial score (nSPS) is 12.3. The van der Waals surface area contributed by atoms with E-state index in [0.29, 0.717) is 13.2 Å². The quantitative estimate of drug-likeness (QED) is 0.285. The van der Waals surface area contributed by atoms with E-state index in [0.717, 1.165) is 17.0 Å². The van der Waals surface area contributed by atoms with E-state index in [-0.39, 0.29) is 18.3 Å². The molecule has 4 nitrogen and oxygen atoms in total. The third kappa shape index (κ3) is 7.56. The van der Waals surface area contributed by atoms with E-state index in [9.17, 15) is 4.79 Å². The van der Waals surface area contributed by atoms with Gasteiger partial charge in [0.2, 0.25) is 0 Å². The van der Waals surface area contributed by atoms with Gasteiger partial charge in [-0.2, -0.15) is 0 Å². The Balaban J connectivity index is 2.40. The molecule has 0 fully saturated rings. The Kier molecular flexibility index (Phi) is 8.62. The molecule has 0 aromatic heterocycles. The van der Waals surface area contributed by atoms with Crippen molar-refractivity contribution in [3.63, 3.8) is 0 Å². The zero-order valence-corrected chi connectivity index (χ0v) is 14.1. The van der Waals surface area contributed by atoms with Gasteiger partial charge in [0.05, 0.1) is 18.1 Å². The third-order valence-electron chi connectivity index (χ3n) is 3.16. The van der Waals surface area contributed by atoms with Crippen LogP contribution in [-0.2, 0) is 14.3 Å². The fraction of sp³-hybridized carbons (Fsp3) is 0.368. The predicted molar refractivity (Wildman–Crippen MR) is 94.3 cm³/mol. The number of Topliss-reactive ketones (excluding diaryl/α,β-unsaturated/α-hetero) is 1. The minimum absolute atomic E-state index is 0.00509. The van der Waals surface area contributed by atoms with Crippen molar-refractivity contribution in [2.75, 3.05) is 19.8 Å². The van der Waals surface area contributed by atoms with Crippen LogP contribution in [0.25, 0.3) is 5.70 Å². The predicted octanol–water partition coefficient (Wildman–Crippen LogP) is 3.89. The topological polar surface area (TPSA) is 47.9 Å². The smallest absolute Gasteiger partial charge is 0.160 e. The van der Waals surface area contributed by atoms with Crippen molar-refractivity contribution in [3.8, 4) is 0 Å². The summed E-state index contributed by atoms with van der Waals surface area (Å²) >= 11 is 0. The largest absolute Gasteiger partial charge is 0.496 e. The molecule has 0 saturated carbocycles. The molecule has 0 heterocycles. The van der Waals surface area contributed by atoms with E-state index in [1.165, 1.54) is 0 Å². The van der Waals surface area contributed by atoms with Crippen LogP contribution in [0.2, 0.25) is 0 Å². The number of hydrogen-bond donors (Lipinski definition) is 0. The molecule has 0 atom stereocenters. The van der Waals surface area contributed by atoms with Gasteiger partial charge in [0.15, 0.2) is 5.78 Å². The number of carbonyl (C=O) groups is 1. The first-order chi connectivity index (χ1) is 11.0. The highest BCUT2D eigenvalue weighted by molar-refractivity contribution is 5.81. The third-order valence-corrected chi connectivity index (χ3v) is 3.16. The summed E-state index contributed by atoms with van der Waals surface area (Å²) in [6.45, 7) is 10.1. The number of carbonyl (C=O) groups excluding carboxylic acids is 1. The Morgan fingerprint density at radius 3 is 2.52 bits per heavy atom. The van der Waals surface area contributed by atoms with Gasteiger partial charge < -0.3 is 9.47 Å². The summed E-state index contributed by atoms with van der Waals surface area (Å²) in [5, 5.41) is 0. The lowest BCUT2D eigenvalue weighted by Crippen LogP contribution is -2.16. The summed E-state index contributed by atoms with van der Waals surface area (Å²) in [5.74, 6) is 0.858. The van der Waals surface area contributed by atoms with Crippen LogP contribution in [0, 0.1) is 5.92 Å². The van der Waals surface area contributed by atoms with Crippen LogP contribution in [-0.4, -0.2) is 32.3 Å². The molecule has 0 N–H and O–H groups in total. The van der Waals surface area contributed by atoms with E-state index in [1.807, 2.05) is 63.3 Å². The zero-order valence-electron chi connectivity index (χ0n) is 14.1. The second-order valence-corrected chi connectivity index (χ2v) is 5.38. The van der Waals surface area contributed by atoms with Gasteiger partial charge in [0, 0.05) is 11.5 Å². The molecule has 0 saturated heterocycles. The maximum absolute atomic E-state index is 11.4. The lowest BCUT2D eigenvalue weighted by Gasteiger charge is -2.08. The van der Waals surface area contributed by atoms with Crippen molar-refractivity contribution < 1.29 is 14.3 Å².